The van der Waals surface area contributed by atoms with Crippen LogP contribution in [0.5, 0.6) is 0 Å². The molecule has 0 bridgehead atoms. The Balaban J connectivity index is 1.35. The smallest absolute Gasteiger partial charge is 0.352 e. The van der Waals surface area contributed by atoms with E-state index in [-0.39, 0.29) is 29.2 Å². The summed E-state index contributed by atoms with van der Waals surface area (Å²) in [6.07, 6.45) is 8.66. The number of fused-ring (bicyclic) bond motifs is 1. The van der Waals surface area contributed by atoms with Gasteiger partial charge in [0, 0.05) is 29.7 Å². The molecule has 2 amide bonds. The minimum absolute atomic E-state index is 0.0243. The van der Waals surface area contributed by atoms with Gasteiger partial charge in [-0.05, 0) is 31.7 Å². The van der Waals surface area contributed by atoms with E-state index in [0.29, 0.717) is 17.9 Å². The Hall–Kier alpha value is -4.00. The van der Waals surface area contributed by atoms with Crippen LogP contribution in [0.4, 0.5) is 5.82 Å². The third kappa shape index (κ3) is 5.12. The molecule has 37 heavy (non-hydrogen) atoms. The first kappa shape index (κ1) is 24.7. The molecule has 1 aliphatic carbocycles. The third-order valence-electron chi connectivity index (χ3n) is 6.39. The van der Waals surface area contributed by atoms with Crippen molar-refractivity contribution in [1.82, 2.24) is 20.2 Å². The van der Waals surface area contributed by atoms with E-state index in [9.17, 15) is 19.5 Å². The van der Waals surface area contributed by atoms with Crippen LogP contribution in [-0.2, 0) is 25.8 Å². The van der Waals surface area contributed by atoms with Gasteiger partial charge in [0.2, 0.25) is 5.71 Å². The van der Waals surface area contributed by atoms with Gasteiger partial charge in [-0.15, -0.1) is 11.8 Å². The fourth-order valence-electron chi connectivity index (χ4n) is 4.57. The van der Waals surface area contributed by atoms with Gasteiger partial charge in [-0.2, -0.15) is 0 Å². The summed E-state index contributed by atoms with van der Waals surface area (Å²) in [5, 5.41) is 16.1. The van der Waals surface area contributed by atoms with Crippen molar-refractivity contribution in [2.45, 2.75) is 49.7 Å². The first-order valence-corrected chi connectivity index (χ1v) is 12.9. The van der Waals surface area contributed by atoms with Crippen LogP contribution in [0.2, 0.25) is 0 Å². The minimum atomic E-state index is -1.18. The lowest BCUT2D eigenvalue weighted by Gasteiger charge is -2.49. The van der Waals surface area contributed by atoms with Crippen LogP contribution in [-0.4, -0.2) is 66.7 Å². The van der Waals surface area contributed by atoms with E-state index >= 15 is 0 Å². The number of carboxylic acids is 1. The summed E-state index contributed by atoms with van der Waals surface area (Å²) < 4.78 is 1.85. The van der Waals surface area contributed by atoms with E-state index in [1.54, 1.807) is 0 Å². The average molecular weight is 525 g/mol. The van der Waals surface area contributed by atoms with Crippen molar-refractivity contribution in [2.75, 3.05) is 11.5 Å². The monoisotopic (exact) mass is 524 g/mol. The van der Waals surface area contributed by atoms with Crippen molar-refractivity contribution in [2.24, 2.45) is 5.16 Å². The number of hydrogen-bond donors (Lipinski definition) is 3. The average Bonchev–Trinajstić information content (AvgIpc) is 3.41. The van der Waals surface area contributed by atoms with Crippen LogP contribution in [0.1, 0.15) is 31.5 Å². The lowest BCUT2D eigenvalue weighted by Crippen LogP contribution is -2.71. The predicted molar refractivity (Wildman–Crippen MR) is 133 cm³/mol. The molecule has 2 aromatic heterocycles. The highest BCUT2D eigenvalue weighted by Gasteiger charge is 2.54. The second-order valence-electron chi connectivity index (χ2n) is 8.92. The number of carbonyl (C=O) groups excluding carboxylic acids is 2. The number of nitrogens with zero attached hydrogens (tertiary/aromatic N) is 5. The molecule has 0 radical (unpaired) electrons. The van der Waals surface area contributed by atoms with E-state index in [1.807, 2.05) is 35.2 Å². The van der Waals surface area contributed by atoms with Crippen molar-refractivity contribution in [1.29, 1.82) is 0 Å². The summed E-state index contributed by atoms with van der Waals surface area (Å²) in [6, 6.07) is 6.11. The van der Waals surface area contributed by atoms with Crippen molar-refractivity contribution in [3.8, 4) is 0 Å². The maximum atomic E-state index is 13.2. The highest BCUT2D eigenvalue weighted by atomic mass is 32.2. The number of nitrogens with one attached hydrogen (secondary N) is 1. The summed E-state index contributed by atoms with van der Waals surface area (Å²) >= 11 is 1.39. The summed E-state index contributed by atoms with van der Waals surface area (Å²) in [5.74, 6) is -1.87. The molecule has 13 heteroatoms. The second kappa shape index (κ2) is 10.5. The first-order valence-electron chi connectivity index (χ1n) is 11.9. The standard InChI is InChI=1S/C24H25N7O5S/c25-16-8-9-26-20(27-16)17(29-36-15-6-2-3-7-15)21(32)28-18-22(33)31-19(24(34)35)14(13-37-23(18)31)12-30-10-4-1-5-11-30/h1,4-5,8-11,15,18,23H,2-3,6-7,12-13H2,(H3-,25,26,27,28,32,34,35)/p+1/t18?,23-/m1/s1. The van der Waals surface area contributed by atoms with Gasteiger partial charge in [-0.3, -0.25) is 14.5 Å². The Kier molecular flexibility index (Phi) is 7.04. The van der Waals surface area contributed by atoms with Crippen LogP contribution in [0, 0.1) is 0 Å². The van der Waals surface area contributed by atoms with E-state index in [0.717, 1.165) is 25.7 Å². The highest BCUT2D eigenvalue weighted by Crippen LogP contribution is 2.40. The van der Waals surface area contributed by atoms with Gasteiger partial charge in [0.05, 0.1) is 0 Å². The number of aromatic nitrogens is 3. The summed E-state index contributed by atoms with van der Waals surface area (Å²) in [6.45, 7) is 0.338. The van der Waals surface area contributed by atoms with Crippen molar-refractivity contribution >= 4 is 41.1 Å². The number of rotatable bonds is 8. The largest absolute Gasteiger partial charge is 0.477 e. The zero-order valence-corrected chi connectivity index (χ0v) is 20.6. The number of hydrogen-bond acceptors (Lipinski definition) is 9. The molecule has 2 fully saturated rings. The van der Waals surface area contributed by atoms with Crippen LogP contribution in [0.15, 0.2) is 59.3 Å². The number of anilines is 1. The van der Waals surface area contributed by atoms with Crippen LogP contribution >= 0.6 is 11.8 Å². The van der Waals surface area contributed by atoms with Crippen LogP contribution in [0.25, 0.3) is 0 Å². The Morgan fingerprint density at radius 3 is 2.73 bits per heavy atom. The number of thioether (sulfide) groups is 1. The molecule has 0 spiro atoms. The van der Waals surface area contributed by atoms with Gasteiger partial charge < -0.3 is 21.0 Å². The number of amides is 2. The fourth-order valence-corrected chi connectivity index (χ4v) is 5.90. The molecule has 1 unspecified atom stereocenters. The van der Waals surface area contributed by atoms with Gasteiger partial charge in [0.1, 0.15) is 29.0 Å². The van der Waals surface area contributed by atoms with Gasteiger partial charge in [0.15, 0.2) is 24.8 Å². The molecule has 0 aromatic carbocycles. The Morgan fingerprint density at radius 2 is 2.03 bits per heavy atom. The Bertz CT molecular complexity index is 1280. The predicted octanol–water partition coefficient (Wildman–Crippen LogP) is 0.448. The van der Waals surface area contributed by atoms with Crippen LogP contribution in [0.3, 0.4) is 0 Å². The van der Waals surface area contributed by atoms with Gasteiger partial charge in [0.25, 0.3) is 11.8 Å². The number of aliphatic carboxylic acids is 1. The van der Waals surface area contributed by atoms with E-state index < -0.39 is 29.2 Å². The molecule has 5 rings (SSSR count). The molecule has 1 saturated heterocycles. The molecule has 3 aliphatic rings. The van der Waals surface area contributed by atoms with Crippen molar-refractivity contribution in [3.63, 3.8) is 0 Å². The van der Waals surface area contributed by atoms with Gasteiger partial charge in [-0.25, -0.2) is 19.3 Å². The van der Waals surface area contributed by atoms with E-state index in [1.165, 1.54) is 28.9 Å². The number of carboxylic acid groups (broad SMARTS) is 1. The zero-order chi connectivity index (χ0) is 25.9. The molecule has 4 N–H and O–H groups in total. The number of nitrogens with two attached hydrogens (primary N) is 1. The molecular weight excluding hydrogens is 498 g/mol. The normalized spacial score (nSPS) is 21.9. The molecule has 192 valence electrons. The number of oxime groups is 1. The lowest BCUT2D eigenvalue weighted by atomic mass is 10.0. The fraction of sp³-hybridized carbons (Fsp3) is 0.375. The molecule has 2 aromatic rings. The summed E-state index contributed by atoms with van der Waals surface area (Å²) in [7, 11) is 0. The van der Waals surface area contributed by atoms with Crippen LogP contribution < -0.4 is 15.6 Å². The Labute approximate surface area is 216 Å². The third-order valence-corrected chi connectivity index (χ3v) is 7.73. The maximum absolute atomic E-state index is 13.2. The Morgan fingerprint density at radius 1 is 1.27 bits per heavy atom. The number of β-lactam (4-membered cyclic amide) rings is 1. The molecule has 2 atom stereocenters. The lowest BCUT2D eigenvalue weighted by molar-refractivity contribution is -0.689. The van der Waals surface area contributed by atoms with Gasteiger partial charge >= 0.3 is 5.97 Å². The molecule has 4 heterocycles. The zero-order valence-electron chi connectivity index (χ0n) is 19.8. The molecule has 1 saturated carbocycles. The van der Waals surface area contributed by atoms with E-state index in [2.05, 4.69) is 20.4 Å². The molecular formula is C24H26N7O5S+. The molecule has 12 nitrogen and oxygen atoms in total. The number of pyridine rings is 1. The quantitative estimate of drug-likeness (QED) is 0.192. The number of nitrogen functional groups attached to an aromatic ring is 1. The first-order chi connectivity index (χ1) is 17.9. The highest BCUT2D eigenvalue weighted by molar-refractivity contribution is 8.00. The van der Waals surface area contributed by atoms with Crippen molar-refractivity contribution < 1.29 is 28.9 Å². The topological polar surface area (TPSA) is 164 Å². The second-order valence-corrected chi connectivity index (χ2v) is 10.0. The van der Waals surface area contributed by atoms with E-state index in [4.69, 9.17) is 10.6 Å². The number of carbonyl (C=O) groups is 3. The van der Waals surface area contributed by atoms with Crippen molar-refractivity contribution in [3.05, 3.63) is 60.0 Å². The van der Waals surface area contributed by atoms with Gasteiger partial charge in [-0.1, -0.05) is 11.2 Å². The maximum Gasteiger partial charge on any atom is 0.352 e. The summed E-state index contributed by atoms with van der Waals surface area (Å²) in [4.78, 5) is 53.5. The molecule has 2 aliphatic heterocycles. The summed E-state index contributed by atoms with van der Waals surface area (Å²) in [5.41, 5.74) is 6.14. The SMILES string of the molecule is Nc1ccnc(C(=NOC2CCCC2)C(=O)NC2C(=O)N3C(C(=O)O)=C(C[n+]4ccccc4)CS[C@H]23)n1. The minimum Gasteiger partial charge on any atom is -0.477 e.